The minimum atomic E-state index is -0.318. The van der Waals surface area contributed by atoms with Crippen LogP contribution < -0.4 is 4.90 Å². The van der Waals surface area contributed by atoms with Gasteiger partial charge in [0.25, 0.3) is 0 Å². The lowest BCUT2D eigenvalue weighted by Crippen LogP contribution is -2.42. The Balaban J connectivity index is 1.90. The number of rotatable bonds is 1. The number of hydrogen-bond donors (Lipinski definition) is 0. The molecule has 0 aliphatic carbocycles. The lowest BCUT2D eigenvalue weighted by molar-refractivity contribution is 0.000131. The molecule has 17 heavy (non-hydrogen) atoms. The highest BCUT2D eigenvalue weighted by Gasteiger charge is 2.44. The van der Waals surface area contributed by atoms with Gasteiger partial charge in [-0.25, -0.2) is 9.78 Å². The highest BCUT2D eigenvalue weighted by molar-refractivity contribution is 5.89. The standard InChI is InChI=1S/C12H14N2O3/c1-8-2-3-11(13-6-8)14-9-4-5-16-7-10(9)17-12(14)15/h2-3,6,9-10H,4-5,7H2,1H3. The molecule has 3 rings (SSSR count). The van der Waals surface area contributed by atoms with Crippen LogP contribution in [0.1, 0.15) is 12.0 Å². The molecule has 2 fully saturated rings. The monoisotopic (exact) mass is 234 g/mol. The molecular weight excluding hydrogens is 220 g/mol. The normalized spacial score (nSPS) is 27.8. The zero-order chi connectivity index (χ0) is 11.8. The van der Waals surface area contributed by atoms with Crippen LogP contribution in [0.3, 0.4) is 0 Å². The molecule has 2 unspecified atom stereocenters. The molecule has 90 valence electrons. The number of ether oxygens (including phenoxy) is 2. The summed E-state index contributed by atoms with van der Waals surface area (Å²) in [6.45, 7) is 3.12. The van der Waals surface area contributed by atoms with E-state index in [1.165, 1.54) is 0 Å². The Labute approximate surface area is 99.3 Å². The number of aromatic nitrogens is 1. The average Bonchev–Trinajstić information content (AvgIpc) is 2.66. The van der Waals surface area contributed by atoms with Gasteiger partial charge in [-0.1, -0.05) is 6.07 Å². The third kappa shape index (κ3) is 1.76. The minimum absolute atomic E-state index is 0.0615. The molecular formula is C12H14N2O3. The molecule has 0 spiro atoms. The number of aryl methyl sites for hydroxylation is 1. The molecule has 0 radical (unpaired) electrons. The Hall–Kier alpha value is -1.62. The number of anilines is 1. The van der Waals surface area contributed by atoms with Gasteiger partial charge in [0.15, 0.2) is 0 Å². The molecule has 1 aromatic rings. The zero-order valence-corrected chi connectivity index (χ0v) is 9.63. The predicted molar refractivity (Wildman–Crippen MR) is 60.9 cm³/mol. The van der Waals surface area contributed by atoms with Crippen molar-refractivity contribution < 1.29 is 14.3 Å². The second-order valence-electron chi connectivity index (χ2n) is 4.42. The second kappa shape index (κ2) is 4.00. The van der Waals surface area contributed by atoms with Crippen LogP contribution in [0.15, 0.2) is 18.3 Å². The van der Waals surface area contributed by atoms with Crippen LogP contribution in [-0.4, -0.2) is 36.4 Å². The molecule has 0 bridgehead atoms. The fourth-order valence-electron chi connectivity index (χ4n) is 2.30. The van der Waals surface area contributed by atoms with Gasteiger partial charge in [-0.15, -0.1) is 0 Å². The summed E-state index contributed by atoms with van der Waals surface area (Å²) in [5.41, 5.74) is 1.07. The van der Waals surface area contributed by atoms with Crippen LogP contribution in [-0.2, 0) is 9.47 Å². The van der Waals surface area contributed by atoms with Crippen LogP contribution in [0.5, 0.6) is 0 Å². The van der Waals surface area contributed by atoms with Gasteiger partial charge >= 0.3 is 6.09 Å². The smallest absolute Gasteiger partial charge is 0.416 e. The van der Waals surface area contributed by atoms with E-state index in [-0.39, 0.29) is 18.2 Å². The maximum Gasteiger partial charge on any atom is 0.416 e. The maximum absolute atomic E-state index is 11.8. The van der Waals surface area contributed by atoms with Crippen molar-refractivity contribution in [3.63, 3.8) is 0 Å². The Kier molecular flexibility index (Phi) is 2.48. The van der Waals surface area contributed by atoms with Gasteiger partial charge in [0.1, 0.15) is 11.9 Å². The van der Waals surface area contributed by atoms with Crippen molar-refractivity contribution in [2.75, 3.05) is 18.1 Å². The second-order valence-corrected chi connectivity index (χ2v) is 4.42. The van der Waals surface area contributed by atoms with Gasteiger partial charge in [0.2, 0.25) is 0 Å². The maximum atomic E-state index is 11.8. The number of fused-ring (bicyclic) bond motifs is 1. The van der Waals surface area contributed by atoms with E-state index in [1.807, 2.05) is 19.1 Å². The van der Waals surface area contributed by atoms with Crippen LogP contribution in [0.4, 0.5) is 10.6 Å². The van der Waals surface area contributed by atoms with E-state index >= 15 is 0 Å². The highest BCUT2D eigenvalue weighted by Crippen LogP contribution is 2.29. The molecule has 0 aromatic carbocycles. The van der Waals surface area contributed by atoms with Gasteiger partial charge in [0, 0.05) is 12.8 Å². The number of carbonyl (C=O) groups is 1. The lowest BCUT2D eigenvalue weighted by Gasteiger charge is -2.27. The summed E-state index contributed by atoms with van der Waals surface area (Å²) >= 11 is 0. The molecule has 5 heteroatoms. The SMILES string of the molecule is Cc1ccc(N2C(=O)OC3COCCC32)nc1. The first-order valence-electron chi connectivity index (χ1n) is 5.76. The third-order valence-corrected chi connectivity index (χ3v) is 3.19. The van der Waals surface area contributed by atoms with Gasteiger partial charge in [-0.3, -0.25) is 4.90 Å². The number of hydrogen-bond acceptors (Lipinski definition) is 4. The zero-order valence-electron chi connectivity index (χ0n) is 9.63. The minimum Gasteiger partial charge on any atom is -0.441 e. The molecule has 2 atom stereocenters. The summed E-state index contributed by atoms with van der Waals surface area (Å²) in [5.74, 6) is 0.662. The van der Waals surface area contributed by atoms with E-state index in [2.05, 4.69) is 4.98 Å². The van der Waals surface area contributed by atoms with Crippen molar-refractivity contribution in [1.82, 2.24) is 4.98 Å². The molecule has 1 amide bonds. The van der Waals surface area contributed by atoms with Crippen molar-refractivity contribution >= 4 is 11.9 Å². The molecule has 0 saturated carbocycles. The first-order valence-corrected chi connectivity index (χ1v) is 5.76. The van der Waals surface area contributed by atoms with Crippen molar-refractivity contribution in [1.29, 1.82) is 0 Å². The Morgan fingerprint density at radius 2 is 2.35 bits per heavy atom. The third-order valence-electron chi connectivity index (χ3n) is 3.19. The molecule has 2 aliphatic heterocycles. The van der Waals surface area contributed by atoms with Crippen molar-refractivity contribution in [2.45, 2.75) is 25.5 Å². The summed E-state index contributed by atoms with van der Waals surface area (Å²) < 4.78 is 10.6. The summed E-state index contributed by atoms with van der Waals surface area (Å²) in [6, 6.07) is 3.86. The van der Waals surface area contributed by atoms with E-state index in [0.29, 0.717) is 19.0 Å². The van der Waals surface area contributed by atoms with E-state index in [4.69, 9.17) is 9.47 Å². The summed E-state index contributed by atoms with van der Waals surface area (Å²) in [7, 11) is 0. The van der Waals surface area contributed by atoms with E-state index in [1.54, 1.807) is 11.1 Å². The number of nitrogens with zero attached hydrogens (tertiary/aromatic N) is 2. The summed E-state index contributed by atoms with van der Waals surface area (Å²) in [6.07, 6.45) is 2.09. The summed E-state index contributed by atoms with van der Waals surface area (Å²) in [4.78, 5) is 17.8. The van der Waals surface area contributed by atoms with Crippen molar-refractivity contribution in [2.24, 2.45) is 0 Å². The Bertz CT molecular complexity index is 432. The van der Waals surface area contributed by atoms with Crippen LogP contribution in [0.2, 0.25) is 0 Å². The lowest BCUT2D eigenvalue weighted by atomic mass is 10.1. The van der Waals surface area contributed by atoms with Crippen molar-refractivity contribution in [3.8, 4) is 0 Å². The van der Waals surface area contributed by atoms with Crippen molar-refractivity contribution in [3.05, 3.63) is 23.9 Å². The molecule has 2 saturated heterocycles. The largest absolute Gasteiger partial charge is 0.441 e. The van der Waals surface area contributed by atoms with Crippen LogP contribution >= 0.6 is 0 Å². The Morgan fingerprint density at radius 1 is 1.47 bits per heavy atom. The van der Waals surface area contributed by atoms with Gasteiger partial charge in [0.05, 0.1) is 12.6 Å². The van der Waals surface area contributed by atoms with Crippen LogP contribution in [0.25, 0.3) is 0 Å². The van der Waals surface area contributed by atoms with E-state index < -0.39 is 0 Å². The fourth-order valence-corrected chi connectivity index (χ4v) is 2.30. The molecule has 2 aliphatic rings. The average molecular weight is 234 g/mol. The number of amides is 1. The molecule has 1 aromatic heterocycles. The van der Waals surface area contributed by atoms with Crippen LogP contribution in [0, 0.1) is 6.92 Å². The predicted octanol–water partition coefficient (Wildman–Crippen LogP) is 1.50. The first kappa shape index (κ1) is 10.5. The van der Waals surface area contributed by atoms with E-state index in [9.17, 15) is 4.79 Å². The Morgan fingerprint density at radius 3 is 3.12 bits per heavy atom. The topological polar surface area (TPSA) is 51.7 Å². The quantitative estimate of drug-likeness (QED) is 0.739. The highest BCUT2D eigenvalue weighted by atomic mass is 16.6. The van der Waals surface area contributed by atoms with Gasteiger partial charge in [-0.2, -0.15) is 0 Å². The summed E-state index contributed by atoms with van der Waals surface area (Å²) in [5, 5.41) is 0. The molecule has 3 heterocycles. The first-order chi connectivity index (χ1) is 8.25. The van der Waals surface area contributed by atoms with Gasteiger partial charge < -0.3 is 9.47 Å². The number of pyridine rings is 1. The molecule has 5 nitrogen and oxygen atoms in total. The molecule has 0 N–H and O–H groups in total. The van der Waals surface area contributed by atoms with E-state index in [0.717, 1.165) is 12.0 Å². The number of carbonyl (C=O) groups excluding carboxylic acids is 1. The van der Waals surface area contributed by atoms with Gasteiger partial charge in [-0.05, 0) is 25.0 Å². The fraction of sp³-hybridized carbons (Fsp3) is 0.500.